The molecule has 2 atom stereocenters. The minimum absolute atomic E-state index is 0.283. The first kappa shape index (κ1) is 43.8. The molecule has 0 aliphatic carbocycles. The second-order valence-electron chi connectivity index (χ2n) is 13.2. The van der Waals surface area contributed by atoms with E-state index in [9.17, 15) is 22.9 Å². The standard InChI is InChI=1S/C38H73NO5S/c1-3-5-7-9-11-13-15-17-18-19-20-21-22-24-26-28-30-32-34-38(41)39-36(35-45(42,43)44)37(40)33-31-29-27-25-23-16-14-12-10-8-6-4-2/h18-19,31,33,36-37,40H,3-17,20-30,32,34-35H2,1-2H3,(H,39,41)(H,42,43,44)/b19-18-,33-31+. The molecule has 0 radical (unpaired) electrons. The Kier molecular flexibility index (Phi) is 31.9. The second kappa shape index (κ2) is 32.7. The Morgan fingerprint density at radius 3 is 1.33 bits per heavy atom. The Morgan fingerprint density at radius 1 is 0.578 bits per heavy atom. The Hall–Kier alpha value is -1.18. The molecule has 0 saturated heterocycles. The predicted molar refractivity (Wildman–Crippen MR) is 193 cm³/mol. The van der Waals surface area contributed by atoms with Crippen molar-refractivity contribution in [3.63, 3.8) is 0 Å². The average Bonchev–Trinajstić information content (AvgIpc) is 3.00. The summed E-state index contributed by atoms with van der Waals surface area (Å²) in [5, 5.41) is 13.2. The summed E-state index contributed by atoms with van der Waals surface area (Å²) in [6.07, 6.45) is 40.1. The van der Waals surface area contributed by atoms with Crippen molar-refractivity contribution in [3.8, 4) is 0 Å². The molecule has 3 N–H and O–H groups in total. The van der Waals surface area contributed by atoms with E-state index in [4.69, 9.17) is 0 Å². The first-order valence-corrected chi connectivity index (χ1v) is 20.6. The van der Waals surface area contributed by atoms with Crippen molar-refractivity contribution in [3.05, 3.63) is 24.3 Å². The van der Waals surface area contributed by atoms with E-state index in [1.165, 1.54) is 128 Å². The van der Waals surface area contributed by atoms with E-state index < -0.39 is 28.0 Å². The minimum Gasteiger partial charge on any atom is -0.387 e. The fourth-order valence-electron chi connectivity index (χ4n) is 5.74. The molecule has 0 aromatic carbocycles. The van der Waals surface area contributed by atoms with Gasteiger partial charge in [0, 0.05) is 6.42 Å². The van der Waals surface area contributed by atoms with Gasteiger partial charge >= 0.3 is 0 Å². The molecule has 2 unspecified atom stereocenters. The zero-order valence-corrected chi connectivity index (χ0v) is 30.3. The van der Waals surface area contributed by atoms with Gasteiger partial charge in [0.2, 0.25) is 5.91 Å². The number of nitrogens with one attached hydrogen (secondary N) is 1. The number of allylic oxidation sites excluding steroid dienone is 3. The third kappa shape index (κ3) is 34.0. The summed E-state index contributed by atoms with van der Waals surface area (Å²) < 4.78 is 32.3. The first-order valence-electron chi connectivity index (χ1n) is 19.0. The highest BCUT2D eigenvalue weighted by Crippen LogP contribution is 2.14. The van der Waals surface area contributed by atoms with Gasteiger partial charge in [0.05, 0.1) is 17.9 Å². The summed E-state index contributed by atoms with van der Waals surface area (Å²) in [5.41, 5.74) is 0. The summed E-state index contributed by atoms with van der Waals surface area (Å²) in [7, 11) is -4.34. The van der Waals surface area contributed by atoms with Crippen molar-refractivity contribution in [1.82, 2.24) is 5.32 Å². The van der Waals surface area contributed by atoms with Crippen LogP contribution in [0.25, 0.3) is 0 Å². The smallest absolute Gasteiger partial charge is 0.267 e. The Morgan fingerprint density at radius 2 is 0.933 bits per heavy atom. The maximum atomic E-state index is 12.5. The lowest BCUT2D eigenvalue weighted by Gasteiger charge is -2.21. The zero-order chi connectivity index (χ0) is 33.3. The molecule has 0 bridgehead atoms. The van der Waals surface area contributed by atoms with Crippen LogP contribution in [0.4, 0.5) is 0 Å². The van der Waals surface area contributed by atoms with Crippen molar-refractivity contribution in [2.24, 2.45) is 0 Å². The number of rotatable bonds is 34. The molecular formula is C38H73NO5S. The number of aliphatic hydroxyl groups is 1. The number of carbonyl (C=O) groups is 1. The van der Waals surface area contributed by atoms with Crippen LogP contribution in [0.1, 0.15) is 194 Å². The number of amides is 1. The SMILES string of the molecule is CCCCCCCCC/C=C\CCCCCCCCCC(=O)NC(CS(=O)(=O)O)C(O)/C=C/CCCCCCCCCCCC. The van der Waals surface area contributed by atoms with Gasteiger partial charge in [-0.25, -0.2) is 0 Å². The summed E-state index contributed by atoms with van der Waals surface area (Å²) >= 11 is 0. The van der Waals surface area contributed by atoms with Crippen LogP contribution in [0.3, 0.4) is 0 Å². The average molecular weight is 656 g/mol. The molecule has 0 rings (SSSR count). The monoisotopic (exact) mass is 656 g/mol. The van der Waals surface area contributed by atoms with Crippen LogP contribution < -0.4 is 5.32 Å². The van der Waals surface area contributed by atoms with E-state index in [1.807, 2.05) is 6.08 Å². The predicted octanol–water partition coefficient (Wildman–Crippen LogP) is 10.8. The molecule has 0 aromatic heterocycles. The van der Waals surface area contributed by atoms with E-state index in [-0.39, 0.29) is 5.91 Å². The van der Waals surface area contributed by atoms with Crippen LogP contribution in [-0.2, 0) is 14.9 Å². The van der Waals surface area contributed by atoms with Crippen molar-refractivity contribution < 1.29 is 22.9 Å². The van der Waals surface area contributed by atoms with Crippen LogP contribution in [-0.4, -0.2) is 41.9 Å². The van der Waals surface area contributed by atoms with Crippen LogP contribution in [0, 0.1) is 0 Å². The highest BCUT2D eigenvalue weighted by Gasteiger charge is 2.24. The van der Waals surface area contributed by atoms with Crippen LogP contribution in [0.2, 0.25) is 0 Å². The maximum absolute atomic E-state index is 12.5. The molecule has 0 heterocycles. The minimum atomic E-state index is -4.34. The molecule has 266 valence electrons. The van der Waals surface area contributed by atoms with Crippen LogP contribution in [0.5, 0.6) is 0 Å². The van der Waals surface area contributed by atoms with Crippen molar-refractivity contribution in [2.75, 3.05) is 5.75 Å². The van der Waals surface area contributed by atoms with Gasteiger partial charge < -0.3 is 10.4 Å². The second-order valence-corrected chi connectivity index (χ2v) is 14.7. The van der Waals surface area contributed by atoms with Crippen molar-refractivity contribution in [2.45, 2.75) is 206 Å². The Labute approximate surface area is 279 Å². The van der Waals surface area contributed by atoms with Gasteiger partial charge in [0.25, 0.3) is 10.1 Å². The van der Waals surface area contributed by atoms with Crippen molar-refractivity contribution in [1.29, 1.82) is 0 Å². The topological polar surface area (TPSA) is 104 Å². The zero-order valence-electron chi connectivity index (χ0n) is 29.5. The molecule has 0 spiro atoms. The Bertz CT molecular complexity index is 811. The number of aliphatic hydroxyl groups excluding tert-OH is 1. The largest absolute Gasteiger partial charge is 0.387 e. The van der Waals surface area contributed by atoms with Gasteiger partial charge in [-0.1, -0.05) is 167 Å². The summed E-state index contributed by atoms with van der Waals surface area (Å²) in [6.45, 7) is 4.50. The molecule has 45 heavy (non-hydrogen) atoms. The molecule has 0 saturated carbocycles. The number of unbranched alkanes of at least 4 members (excludes halogenated alkanes) is 24. The summed E-state index contributed by atoms with van der Waals surface area (Å²) in [6, 6.07) is -1.05. The lowest BCUT2D eigenvalue weighted by Crippen LogP contribution is -2.46. The molecule has 0 aliphatic rings. The van der Waals surface area contributed by atoms with E-state index in [0.29, 0.717) is 6.42 Å². The molecular weight excluding hydrogens is 582 g/mol. The highest BCUT2D eigenvalue weighted by molar-refractivity contribution is 7.85. The molecule has 0 fully saturated rings. The third-order valence-corrected chi connectivity index (χ3v) is 9.40. The quantitative estimate of drug-likeness (QED) is 0.0363. The van der Waals surface area contributed by atoms with Gasteiger partial charge in [-0.2, -0.15) is 8.42 Å². The normalized spacial score (nSPS) is 13.6. The number of hydrogen-bond donors (Lipinski definition) is 3. The fraction of sp³-hybridized carbons (Fsp3) is 0.868. The van der Waals surface area contributed by atoms with E-state index in [0.717, 1.165) is 44.9 Å². The molecule has 0 aromatic rings. The van der Waals surface area contributed by atoms with Crippen molar-refractivity contribution >= 4 is 16.0 Å². The lowest BCUT2D eigenvalue weighted by molar-refractivity contribution is -0.122. The summed E-state index contributed by atoms with van der Waals surface area (Å²) in [4.78, 5) is 12.5. The lowest BCUT2D eigenvalue weighted by atomic mass is 10.1. The maximum Gasteiger partial charge on any atom is 0.267 e. The van der Waals surface area contributed by atoms with Gasteiger partial charge in [0.1, 0.15) is 0 Å². The van der Waals surface area contributed by atoms with Gasteiger partial charge in [-0.05, 0) is 44.9 Å². The first-order chi connectivity index (χ1) is 21.8. The fourth-order valence-corrected chi connectivity index (χ4v) is 6.47. The number of hydrogen-bond acceptors (Lipinski definition) is 4. The van der Waals surface area contributed by atoms with Crippen LogP contribution in [0.15, 0.2) is 24.3 Å². The van der Waals surface area contributed by atoms with E-state index >= 15 is 0 Å². The molecule has 1 amide bonds. The summed E-state index contributed by atoms with van der Waals surface area (Å²) in [5.74, 6) is -0.981. The van der Waals surface area contributed by atoms with E-state index in [2.05, 4.69) is 31.3 Å². The molecule has 6 nitrogen and oxygen atoms in total. The molecule has 0 aliphatic heterocycles. The van der Waals surface area contributed by atoms with E-state index in [1.54, 1.807) is 6.08 Å². The van der Waals surface area contributed by atoms with Crippen LogP contribution >= 0.6 is 0 Å². The Balaban J connectivity index is 3.94. The number of carbonyl (C=O) groups excluding carboxylic acids is 1. The third-order valence-electron chi connectivity index (χ3n) is 8.62. The highest BCUT2D eigenvalue weighted by atomic mass is 32.2. The van der Waals surface area contributed by atoms with Gasteiger partial charge in [0.15, 0.2) is 0 Å². The van der Waals surface area contributed by atoms with Gasteiger partial charge in [-0.15, -0.1) is 0 Å². The molecule has 7 heteroatoms. The van der Waals surface area contributed by atoms with Gasteiger partial charge in [-0.3, -0.25) is 9.35 Å².